The molecule has 5 heteroatoms. The maximum atomic E-state index is 13.3. The van der Waals surface area contributed by atoms with Gasteiger partial charge in [0.05, 0.1) is 12.2 Å². The average Bonchev–Trinajstić information content (AvgIpc) is 3.16. The molecule has 2 aliphatic rings. The second-order valence-electron chi connectivity index (χ2n) is 8.38. The number of rotatable bonds is 5. The van der Waals surface area contributed by atoms with E-state index < -0.39 is 0 Å². The van der Waals surface area contributed by atoms with Gasteiger partial charge in [0.2, 0.25) is 5.78 Å². The van der Waals surface area contributed by atoms with Crippen LogP contribution >= 0.6 is 0 Å². The molecule has 0 saturated heterocycles. The van der Waals surface area contributed by atoms with Crippen LogP contribution in [0.3, 0.4) is 0 Å². The van der Waals surface area contributed by atoms with Crippen molar-refractivity contribution in [1.29, 1.82) is 0 Å². The van der Waals surface area contributed by atoms with E-state index in [0.29, 0.717) is 37.0 Å². The molecule has 33 heavy (non-hydrogen) atoms. The molecule has 1 atom stereocenters. The van der Waals surface area contributed by atoms with Gasteiger partial charge in [0.1, 0.15) is 24.0 Å². The highest BCUT2D eigenvalue weighted by molar-refractivity contribution is 6.15. The standard InChI is InChI=1S/C28H27NO4/c1-4-31-24-13-9-8-12-21(24)15-25-26(30)23-14-22-16-29(19(3)20-10-6-5-7-11-20)17-32-27(22)18(2)28(23)33-25/h5-15,19H,4,16-17H2,1-3H3/b25-15-. The van der Waals surface area contributed by atoms with E-state index in [4.69, 9.17) is 14.2 Å². The highest BCUT2D eigenvalue weighted by Gasteiger charge is 2.34. The molecule has 0 radical (unpaired) electrons. The first kappa shape index (κ1) is 21.3. The normalized spacial score (nSPS) is 17.2. The van der Waals surface area contributed by atoms with E-state index in [2.05, 4.69) is 36.1 Å². The number of Topliss-reactive ketones (excluding diaryl/α,β-unsaturated/α-hetero) is 1. The molecule has 168 valence electrons. The summed E-state index contributed by atoms with van der Waals surface area (Å²) in [6.45, 7) is 7.82. The third-order valence-electron chi connectivity index (χ3n) is 6.30. The molecular weight excluding hydrogens is 414 g/mol. The summed E-state index contributed by atoms with van der Waals surface area (Å²) in [5.74, 6) is 2.31. The summed E-state index contributed by atoms with van der Waals surface area (Å²) in [5, 5.41) is 0. The van der Waals surface area contributed by atoms with Crippen LogP contribution in [0.4, 0.5) is 0 Å². The number of carbonyl (C=O) groups is 1. The lowest BCUT2D eigenvalue weighted by atomic mass is 9.99. The van der Waals surface area contributed by atoms with Gasteiger partial charge in [-0.25, -0.2) is 0 Å². The van der Waals surface area contributed by atoms with Crippen LogP contribution in [0.2, 0.25) is 0 Å². The maximum absolute atomic E-state index is 13.3. The van der Waals surface area contributed by atoms with E-state index in [-0.39, 0.29) is 11.8 Å². The fraction of sp³-hybridized carbons (Fsp3) is 0.250. The smallest absolute Gasteiger partial charge is 0.231 e. The van der Waals surface area contributed by atoms with Crippen molar-refractivity contribution in [2.75, 3.05) is 13.3 Å². The predicted octanol–water partition coefficient (Wildman–Crippen LogP) is 5.92. The number of nitrogens with zero attached hydrogens (tertiary/aromatic N) is 1. The molecule has 0 spiro atoms. The molecule has 0 aromatic heterocycles. The highest BCUT2D eigenvalue weighted by atomic mass is 16.5. The first-order chi connectivity index (χ1) is 16.1. The minimum absolute atomic E-state index is 0.115. The topological polar surface area (TPSA) is 48.0 Å². The molecule has 0 fully saturated rings. The zero-order chi connectivity index (χ0) is 22.9. The van der Waals surface area contributed by atoms with Crippen LogP contribution in [0.5, 0.6) is 17.2 Å². The Morgan fingerprint density at radius 3 is 2.64 bits per heavy atom. The van der Waals surface area contributed by atoms with Gasteiger partial charge < -0.3 is 14.2 Å². The van der Waals surface area contributed by atoms with Crippen molar-refractivity contribution in [3.05, 3.63) is 94.2 Å². The molecule has 2 aliphatic heterocycles. The van der Waals surface area contributed by atoms with E-state index >= 15 is 0 Å². The Hall–Kier alpha value is -3.57. The largest absolute Gasteiger partial charge is 0.493 e. The van der Waals surface area contributed by atoms with Gasteiger partial charge in [-0.05, 0) is 44.5 Å². The first-order valence-corrected chi connectivity index (χ1v) is 11.3. The summed E-state index contributed by atoms with van der Waals surface area (Å²) >= 11 is 0. The number of hydrogen-bond donors (Lipinski definition) is 0. The van der Waals surface area contributed by atoms with E-state index in [0.717, 1.165) is 28.2 Å². The van der Waals surface area contributed by atoms with Crippen molar-refractivity contribution in [2.24, 2.45) is 0 Å². The minimum atomic E-state index is -0.115. The monoisotopic (exact) mass is 441 g/mol. The van der Waals surface area contributed by atoms with Crippen molar-refractivity contribution in [2.45, 2.75) is 33.4 Å². The average molecular weight is 442 g/mol. The lowest BCUT2D eigenvalue weighted by Crippen LogP contribution is -2.34. The van der Waals surface area contributed by atoms with Crippen LogP contribution in [0.15, 0.2) is 66.4 Å². The predicted molar refractivity (Wildman–Crippen MR) is 128 cm³/mol. The van der Waals surface area contributed by atoms with Crippen molar-refractivity contribution < 1.29 is 19.0 Å². The molecule has 3 aromatic carbocycles. The molecule has 0 bridgehead atoms. The third-order valence-corrected chi connectivity index (χ3v) is 6.30. The van der Waals surface area contributed by atoms with Gasteiger partial charge in [-0.2, -0.15) is 0 Å². The van der Waals surface area contributed by atoms with E-state index in [1.165, 1.54) is 5.56 Å². The van der Waals surface area contributed by atoms with Gasteiger partial charge in [-0.15, -0.1) is 0 Å². The highest BCUT2D eigenvalue weighted by Crippen LogP contribution is 2.44. The Bertz CT molecular complexity index is 1230. The number of allylic oxidation sites excluding steroid dienone is 1. The Labute approximate surface area is 194 Å². The number of para-hydroxylation sites is 1. The van der Waals surface area contributed by atoms with Gasteiger partial charge >= 0.3 is 0 Å². The summed E-state index contributed by atoms with van der Waals surface area (Å²) in [5.41, 5.74) is 4.51. The Balaban J connectivity index is 1.45. The molecule has 5 nitrogen and oxygen atoms in total. The Kier molecular flexibility index (Phi) is 5.65. The molecule has 0 amide bonds. The van der Waals surface area contributed by atoms with Gasteiger partial charge in [-0.3, -0.25) is 9.69 Å². The molecular formula is C28H27NO4. The molecule has 0 aliphatic carbocycles. The lowest BCUT2D eigenvalue weighted by molar-refractivity contribution is 0.0609. The van der Waals surface area contributed by atoms with Crippen LogP contribution in [0.25, 0.3) is 6.08 Å². The maximum Gasteiger partial charge on any atom is 0.231 e. The number of fused-ring (bicyclic) bond motifs is 2. The summed E-state index contributed by atoms with van der Waals surface area (Å²) in [6.07, 6.45) is 1.76. The van der Waals surface area contributed by atoms with Crippen molar-refractivity contribution in [1.82, 2.24) is 4.90 Å². The second kappa shape index (κ2) is 8.75. The van der Waals surface area contributed by atoms with E-state index in [1.807, 2.05) is 50.2 Å². The summed E-state index contributed by atoms with van der Waals surface area (Å²) in [6, 6.07) is 20.1. The molecule has 0 N–H and O–H groups in total. The summed E-state index contributed by atoms with van der Waals surface area (Å²) in [7, 11) is 0. The van der Waals surface area contributed by atoms with Crippen LogP contribution in [0, 0.1) is 6.92 Å². The molecule has 5 rings (SSSR count). The number of ether oxygens (including phenoxy) is 3. The number of ketones is 1. The number of carbonyl (C=O) groups excluding carboxylic acids is 1. The zero-order valence-electron chi connectivity index (χ0n) is 19.1. The van der Waals surface area contributed by atoms with E-state index in [9.17, 15) is 4.79 Å². The van der Waals surface area contributed by atoms with Crippen LogP contribution < -0.4 is 14.2 Å². The van der Waals surface area contributed by atoms with Crippen molar-refractivity contribution >= 4 is 11.9 Å². The first-order valence-electron chi connectivity index (χ1n) is 11.3. The molecule has 1 unspecified atom stereocenters. The van der Waals surface area contributed by atoms with E-state index in [1.54, 1.807) is 6.08 Å². The van der Waals surface area contributed by atoms with Crippen LogP contribution in [0.1, 0.15) is 52.5 Å². The molecule has 3 aromatic rings. The van der Waals surface area contributed by atoms with Gasteiger partial charge in [0, 0.05) is 29.3 Å². The summed E-state index contributed by atoms with van der Waals surface area (Å²) < 4.78 is 17.9. The zero-order valence-corrected chi connectivity index (χ0v) is 19.1. The fourth-order valence-electron chi connectivity index (χ4n) is 4.48. The second-order valence-corrected chi connectivity index (χ2v) is 8.38. The van der Waals surface area contributed by atoms with Crippen molar-refractivity contribution in [3.63, 3.8) is 0 Å². The van der Waals surface area contributed by atoms with Crippen LogP contribution in [-0.2, 0) is 6.54 Å². The van der Waals surface area contributed by atoms with Gasteiger partial charge in [-0.1, -0.05) is 48.5 Å². The lowest BCUT2D eigenvalue weighted by Gasteiger charge is -2.34. The third kappa shape index (κ3) is 3.89. The molecule has 0 saturated carbocycles. The summed E-state index contributed by atoms with van der Waals surface area (Å²) in [4.78, 5) is 15.5. The molecule has 2 heterocycles. The van der Waals surface area contributed by atoms with Gasteiger partial charge in [0.15, 0.2) is 5.76 Å². The number of benzene rings is 3. The van der Waals surface area contributed by atoms with Gasteiger partial charge in [0.25, 0.3) is 0 Å². The minimum Gasteiger partial charge on any atom is -0.493 e. The number of hydrogen-bond acceptors (Lipinski definition) is 5. The Morgan fingerprint density at radius 2 is 1.85 bits per heavy atom. The SMILES string of the molecule is CCOc1ccccc1/C=C1\Oc2c(cc3c(c2C)OCN(C(C)c2ccccc2)C3)C1=O. The Morgan fingerprint density at radius 1 is 1.09 bits per heavy atom. The van der Waals surface area contributed by atoms with Crippen LogP contribution in [-0.4, -0.2) is 24.0 Å². The fourth-order valence-corrected chi connectivity index (χ4v) is 4.48. The van der Waals surface area contributed by atoms with Crippen molar-refractivity contribution in [3.8, 4) is 17.2 Å². The quantitative estimate of drug-likeness (QED) is 0.460.